The number of aliphatic imine (C=N–C) groups is 1. The first-order valence-corrected chi connectivity index (χ1v) is 9.79. The van der Waals surface area contributed by atoms with Crippen molar-refractivity contribution in [3.05, 3.63) is 58.6 Å². The van der Waals surface area contributed by atoms with Gasteiger partial charge in [-0.2, -0.15) is 4.73 Å². The largest absolute Gasteiger partial charge is 0.618 e. The van der Waals surface area contributed by atoms with Crippen LogP contribution in [0.25, 0.3) is 0 Å². The van der Waals surface area contributed by atoms with E-state index in [1.807, 2.05) is 31.2 Å². The lowest BCUT2D eigenvalue weighted by atomic mass is 10.2. The van der Waals surface area contributed by atoms with Crippen LogP contribution in [0.2, 0.25) is 0 Å². The quantitative estimate of drug-likeness (QED) is 0.424. The average molecular weight is 374 g/mol. The number of fused-ring (bicyclic) bond motifs is 1. The number of nitrogens with zero attached hydrogens (tertiary/aromatic N) is 2. The molecule has 3 rings (SSSR count). The fraction of sp³-hybridized carbons (Fsp3) is 0.368. The molecule has 1 unspecified atom stereocenters. The standard InChI is InChI=1S/C19H22N2O4S/c1-14-17(21(22)9-8-18(14)25-11-5-10-24-2)13-26(23)19-12-15-6-3-4-7-16(15)20-19/h3-4,6-9H,5,10-13H2,1-2H3. The minimum atomic E-state index is -1.36. The first kappa shape index (κ1) is 18.5. The van der Waals surface area contributed by atoms with Crippen molar-refractivity contribution in [3.8, 4) is 5.75 Å². The second-order valence-electron chi connectivity index (χ2n) is 6.07. The Hall–Kier alpha value is -2.25. The van der Waals surface area contributed by atoms with Crippen LogP contribution >= 0.6 is 0 Å². The van der Waals surface area contributed by atoms with Gasteiger partial charge in [0.2, 0.25) is 5.69 Å². The van der Waals surface area contributed by atoms with E-state index in [1.54, 1.807) is 13.2 Å². The molecule has 0 radical (unpaired) electrons. The molecule has 1 aromatic heterocycles. The van der Waals surface area contributed by atoms with Crippen LogP contribution in [0.4, 0.5) is 5.69 Å². The zero-order chi connectivity index (χ0) is 18.5. The fourth-order valence-corrected chi connectivity index (χ4v) is 4.09. The van der Waals surface area contributed by atoms with E-state index in [2.05, 4.69) is 4.99 Å². The molecular formula is C19H22N2O4S. The van der Waals surface area contributed by atoms with Crippen molar-refractivity contribution in [3.63, 3.8) is 0 Å². The predicted octanol–water partition coefficient (Wildman–Crippen LogP) is 2.58. The van der Waals surface area contributed by atoms with Gasteiger partial charge in [-0.3, -0.25) is 4.21 Å². The Morgan fingerprint density at radius 3 is 2.85 bits per heavy atom. The van der Waals surface area contributed by atoms with E-state index in [9.17, 15) is 9.42 Å². The Bertz CT molecular complexity index is 851. The highest BCUT2D eigenvalue weighted by Crippen LogP contribution is 2.28. The average Bonchev–Trinajstić information content (AvgIpc) is 3.08. The second-order valence-corrected chi connectivity index (χ2v) is 7.52. The van der Waals surface area contributed by atoms with Gasteiger partial charge in [-0.1, -0.05) is 18.2 Å². The minimum Gasteiger partial charge on any atom is -0.618 e. The summed E-state index contributed by atoms with van der Waals surface area (Å²) in [6.07, 6.45) is 2.73. The van der Waals surface area contributed by atoms with E-state index >= 15 is 0 Å². The molecule has 138 valence electrons. The van der Waals surface area contributed by atoms with Gasteiger partial charge in [0.1, 0.15) is 16.5 Å². The zero-order valence-corrected chi connectivity index (χ0v) is 15.8. The third-order valence-electron chi connectivity index (χ3n) is 4.29. The maximum absolute atomic E-state index is 12.8. The highest BCUT2D eigenvalue weighted by Gasteiger charge is 2.24. The molecule has 26 heavy (non-hydrogen) atoms. The van der Waals surface area contributed by atoms with Crippen molar-refractivity contribution < 1.29 is 18.4 Å². The van der Waals surface area contributed by atoms with E-state index < -0.39 is 10.8 Å². The Morgan fingerprint density at radius 1 is 1.27 bits per heavy atom. The number of pyridine rings is 1. The molecule has 1 aliphatic rings. The van der Waals surface area contributed by atoms with Crippen molar-refractivity contribution in [2.75, 3.05) is 20.3 Å². The van der Waals surface area contributed by atoms with Gasteiger partial charge in [0, 0.05) is 32.6 Å². The molecule has 2 heterocycles. The summed E-state index contributed by atoms with van der Waals surface area (Å²) in [6.45, 7) is 2.94. The number of hydrogen-bond acceptors (Lipinski definition) is 5. The van der Waals surface area contributed by atoms with Crippen LogP contribution in [-0.4, -0.2) is 29.6 Å². The lowest BCUT2D eigenvalue weighted by molar-refractivity contribution is -0.613. The molecule has 7 heteroatoms. The highest BCUT2D eigenvalue weighted by atomic mass is 32.2. The van der Waals surface area contributed by atoms with Crippen LogP contribution in [0.15, 0.2) is 41.5 Å². The molecule has 0 N–H and O–H groups in total. The molecule has 0 fully saturated rings. The van der Waals surface area contributed by atoms with Gasteiger partial charge < -0.3 is 14.7 Å². The zero-order valence-electron chi connectivity index (χ0n) is 14.9. The van der Waals surface area contributed by atoms with Gasteiger partial charge in [-0.25, -0.2) is 4.99 Å². The Balaban J connectivity index is 1.72. The van der Waals surface area contributed by atoms with Gasteiger partial charge in [0.15, 0.2) is 6.20 Å². The third kappa shape index (κ3) is 4.11. The Morgan fingerprint density at radius 2 is 2.08 bits per heavy atom. The van der Waals surface area contributed by atoms with E-state index in [0.29, 0.717) is 41.7 Å². The summed E-state index contributed by atoms with van der Waals surface area (Å²) in [5.41, 5.74) is 3.09. The normalized spacial score (nSPS) is 14.0. The van der Waals surface area contributed by atoms with Crippen molar-refractivity contribution >= 4 is 21.5 Å². The highest BCUT2D eigenvalue weighted by molar-refractivity contribution is 8.00. The van der Waals surface area contributed by atoms with E-state index in [1.165, 1.54) is 6.20 Å². The molecule has 0 spiro atoms. The summed E-state index contributed by atoms with van der Waals surface area (Å²) in [4.78, 5) is 4.46. The molecule has 6 nitrogen and oxygen atoms in total. The van der Waals surface area contributed by atoms with Crippen LogP contribution in [0, 0.1) is 12.1 Å². The van der Waals surface area contributed by atoms with Gasteiger partial charge in [0.05, 0.1) is 28.7 Å². The lowest BCUT2D eigenvalue weighted by Crippen LogP contribution is -2.34. The predicted molar refractivity (Wildman–Crippen MR) is 101 cm³/mol. The van der Waals surface area contributed by atoms with E-state index in [-0.39, 0.29) is 5.75 Å². The summed E-state index contributed by atoms with van der Waals surface area (Å²) in [6, 6.07) is 9.39. The first-order valence-electron chi connectivity index (χ1n) is 8.47. The van der Waals surface area contributed by atoms with Crippen molar-refractivity contribution in [1.82, 2.24) is 0 Å². The summed E-state index contributed by atoms with van der Waals surface area (Å²) in [5.74, 6) is 0.758. The molecule has 2 aromatic rings. The van der Waals surface area contributed by atoms with Gasteiger partial charge >= 0.3 is 0 Å². The Kier molecular flexibility index (Phi) is 6.00. The molecule has 0 bridgehead atoms. The SMILES string of the molecule is COCCCOc1cc[n+]([O-])c(CS(=O)C2=Nc3ccccc3C2)c1C. The smallest absolute Gasteiger partial charge is 0.212 e. The molecule has 0 saturated heterocycles. The third-order valence-corrected chi connectivity index (χ3v) is 5.59. The summed E-state index contributed by atoms with van der Waals surface area (Å²) in [7, 11) is 0.288. The molecule has 0 saturated carbocycles. The van der Waals surface area contributed by atoms with Crippen LogP contribution in [0.3, 0.4) is 0 Å². The maximum Gasteiger partial charge on any atom is 0.212 e. The topological polar surface area (TPSA) is 74.8 Å². The Labute approximate surface area is 155 Å². The molecular weight excluding hydrogens is 352 g/mol. The molecule has 0 aliphatic carbocycles. The molecule has 0 amide bonds. The monoisotopic (exact) mass is 374 g/mol. The fourth-order valence-electron chi connectivity index (χ4n) is 2.82. The van der Waals surface area contributed by atoms with Crippen molar-refractivity contribution in [2.45, 2.75) is 25.5 Å². The summed E-state index contributed by atoms with van der Waals surface area (Å²) >= 11 is 0. The van der Waals surface area contributed by atoms with Gasteiger partial charge in [-0.15, -0.1) is 0 Å². The summed E-state index contributed by atoms with van der Waals surface area (Å²) < 4.78 is 24.3. The van der Waals surface area contributed by atoms with Crippen LogP contribution < -0.4 is 9.47 Å². The minimum absolute atomic E-state index is 0.122. The number of benzene rings is 1. The maximum atomic E-state index is 12.8. The van der Waals surface area contributed by atoms with E-state index in [0.717, 1.165) is 22.4 Å². The number of para-hydroxylation sites is 1. The number of methoxy groups -OCH3 is 1. The number of ether oxygens (including phenoxy) is 2. The van der Waals surface area contributed by atoms with Crippen LogP contribution in [-0.2, 0) is 27.7 Å². The van der Waals surface area contributed by atoms with Crippen LogP contribution in [0.5, 0.6) is 5.75 Å². The number of aromatic nitrogens is 1. The van der Waals surface area contributed by atoms with E-state index in [4.69, 9.17) is 9.47 Å². The molecule has 1 atom stereocenters. The van der Waals surface area contributed by atoms with Gasteiger partial charge in [-0.05, 0) is 18.6 Å². The molecule has 1 aromatic carbocycles. The van der Waals surface area contributed by atoms with Gasteiger partial charge in [0.25, 0.3) is 0 Å². The lowest BCUT2D eigenvalue weighted by Gasteiger charge is -2.12. The molecule has 1 aliphatic heterocycles. The summed E-state index contributed by atoms with van der Waals surface area (Å²) in [5, 5.41) is 12.8. The van der Waals surface area contributed by atoms with Crippen LogP contribution in [0.1, 0.15) is 23.2 Å². The second kappa shape index (κ2) is 8.42. The first-order chi connectivity index (χ1) is 12.6. The number of rotatable bonds is 7. The number of hydrogen-bond donors (Lipinski definition) is 0. The van der Waals surface area contributed by atoms with Crippen molar-refractivity contribution in [2.24, 2.45) is 4.99 Å². The van der Waals surface area contributed by atoms with Crippen molar-refractivity contribution in [1.29, 1.82) is 0 Å².